The number of quaternary nitrogens is 1. The lowest BCUT2D eigenvalue weighted by Crippen LogP contribution is -3.05. The van der Waals surface area contributed by atoms with Gasteiger partial charge in [-0.1, -0.05) is 60.7 Å². The molecule has 0 atom stereocenters. The quantitative estimate of drug-likeness (QED) is 0.889. The molecule has 2 N–H and O–H groups in total. The van der Waals surface area contributed by atoms with Crippen LogP contribution in [0, 0.1) is 0 Å². The Kier molecular flexibility index (Phi) is 4.14. The molecule has 0 unspecified atom stereocenters. The van der Waals surface area contributed by atoms with Crippen LogP contribution in [0.3, 0.4) is 0 Å². The van der Waals surface area contributed by atoms with E-state index in [4.69, 9.17) is 0 Å². The van der Waals surface area contributed by atoms with Gasteiger partial charge in [0.25, 0.3) is 0 Å². The number of nitrogens with one attached hydrogen (secondary N) is 1. The Morgan fingerprint density at radius 1 is 0.864 bits per heavy atom. The Labute approximate surface area is 132 Å². The highest BCUT2D eigenvalue weighted by molar-refractivity contribution is 5.77. The third-order valence-corrected chi connectivity index (χ3v) is 4.47. The van der Waals surface area contributed by atoms with Crippen molar-refractivity contribution in [1.29, 1.82) is 0 Å². The van der Waals surface area contributed by atoms with Crippen molar-refractivity contribution in [3.63, 3.8) is 0 Å². The van der Waals surface area contributed by atoms with Crippen LogP contribution < -0.4 is 4.90 Å². The molecule has 0 heterocycles. The normalized spacial score (nSPS) is 15.3. The summed E-state index contributed by atoms with van der Waals surface area (Å²) >= 11 is 0. The van der Waals surface area contributed by atoms with Crippen LogP contribution >= 0.6 is 0 Å². The maximum Gasteiger partial charge on any atom is 0.116 e. The lowest BCUT2D eigenvalue weighted by atomic mass is 9.80. The molecule has 2 aromatic rings. The number of hydrogen-bond donors (Lipinski definition) is 2. The van der Waals surface area contributed by atoms with Gasteiger partial charge in [0.15, 0.2) is 0 Å². The van der Waals surface area contributed by atoms with Crippen LogP contribution in [-0.4, -0.2) is 25.7 Å². The molecule has 1 aliphatic rings. The van der Waals surface area contributed by atoms with E-state index in [1.54, 1.807) is 0 Å². The maximum atomic E-state index is 11.6. The summed E-state index contributed by atoms with van der Waals surface area (Å²) in [6, 6.07) is 16.4. The van der Waals surface area contributed by atoms with Gasteiger partial charge in [0.05, 0.1) is 20.6 Å². The highest BCUT2D eigenvalue weighted by Crippen LogP contribution is 2.40. The SMILES string of the molecule is C[NH+](C)CCCC1(O)c2ccccc2C=Cc2ccccc21. The molecule has 0 aromatic heterocycles. The van der Waals surface area contributed by atoms with Gasteiger partial charge in [0.2, 0.25) is 0 Å². The van der Waals surface area contributed by atoms with Crippen molar-refractivity contribution in [2.24, 2.45) is 0 Å². The molecule has 3 rings (SSSR count). The van der Waals surface area contributed by atoms with E-state index in [0.29, 0.717) is 0 Å². The minimum Gasteiger partial charge on any atom is -0.380 e. The van der Waals surface area contributed by atoms with Gasteiger partial charge in [-0.15, -0.1) is 0 Å². The largest absolute Gasteiger partial charge is 0.380 e. The van der Waals surface area contributed by atoms with Crippen LogP contribution in [0.2, 0.25) is 0 Å². The van der Waals surface area contributed by atoms with E-state index in [1.165, 1.54) is 4.90 Å². The van der Waals surface area contributed by atoms with Crippen molar-refractivity contribution in [1.82, 2.24) is 0 Å². The van der Waals surface area contributed by atoms with Crippen LogP contribution in [0.4, 0.5) is 0 Å². The molecule has 0 spiro atoms. The molecule has 0 aliphatic heterocycles. The third-order valence-electron chi connectivity index (χ3n) is 4.47. The maximum absolute atomic E-state index is 11.6. The lowest BCUT2D eigenvalue weighted by molar-refractivity contribution is -0.858. The zero-order valence-corrected chi connectivity index (χ0v) is 13.3. The molecule has 0 amide bonds. The van der Waals surface area contributed by atoms with Crippen LogP contribution in [0.25, 0.3) is 12.2 Å². The van der Waals surface area contributed by atoms with E-state index >= 15 is 0 Å². The standard InChI is InChI=1S/C20H23NO/c1-21(2)15-7-14-20(22)18-10-5-3-8-16(18)12-13-17-9-4-6-11-19(17)20/h3-6,8-13,22H,7,14-15H2,1-2H3/p+1. The number of aliphatic hydroxyl groups is 1. The average molecular weight is 294 g/mol. The summed E-state index contributed by atoms with van der Waals surface area (Å²) in [6.45, 7) is 1.06. The second kappa shape index (κ2) is 6.07. The summed E-state index contributed by atoms with van der Waals surface area (Å²) in [6.07, 6.45) is 5.96. The molecule has 0 saturated heterocycles. The van der Waals surface area contributed by atoms with E-state index in [9.17, 15) is 5.11 Å². The Morgan fingerprint density at radius 3 is 1.86 bits per heavy atom. The molecular weight excluding hydrogens is 270 g/mol. The van der Waals surface area contributed by atoms with E-state index in [2.05, 4.69) is 50.5 Å². The van der Waals surface area contributed by atoms with Crippen LogP contribution in [0.5, 0.6) is 0 Å². The Bertz CT molecular complexity index is 638. The minimum absolute atomic E-state index is 0.744. The van der Waals surface area contributed by atoms with Crippen molar-refractivity contribution in [3.8, 4) is 0 Å². The van der Waals surface area contributed by atoms with Gasteiger partial charge in [-0.2, -0.15) is 0 Å². The molecule has 0 fully saturated rings. The second-order valence-electron chi connectivity index (χ2n) is 6.43. The van der Waals surface area contributed by atoms with Crippen molar-refractivity contribution >= 4 is 12.2 Å². The summed E-state index contributed by atoms with van der Waals surface area (Å²) in [4.78, 5) is 1.41. The molecule has 0 radical (unpaired) electrons. The molecule has 2 heteroatoms. The Morgan fingerprint density at radius 2 is 1.36 bits per heavy atom. The second-order valence-corrected chi connectivity index (χ2v) is 6.43. The highest BCUT2D eigenvalue weighted by atomic mass is 16.3. The van der Waals surface area contributed by atoms with E-state index < -0.39 is 5.60 Å². The van der Waals surface area contributed by atoms with Gasteiger partial charge in [0.1, 0.15) is 5.60 Å². The Balaban J connectivity index is 2.08. The van der Waals surface area contributed by atoms with Crippen molar-refractivity contribution in [3.05, 3.63) is 70.8 Å². The molecule has 114 valence electrons. The number of fused-ring (bicyclic) bond motifs is 2. The van der Waals surface area contributed by atoms with Crippen LogP contribution in [0.15, 0.2) is 48.5 Å². The summed E-state index contributed by atoms with van der Waals surface area (Å²) in [7, 11) is 4.31. The summed E-state index contributed by atoms with van der Waals surface area (Å²) in [5, 5.41) is 11.6. The summed E-state index contributed by atoms with van der Waals surface area (Å²) in [5.41, 5.74) is 3.35. The fourth-order valence-corrected chi connectivity index (χ4v) is 3.33. The molecule has 1 aliphatic carbocycles. The third kappa shape index (κ3) is 2.72. The van der Waals surface area contributed by atoms with E-state index in [0.717, 1.165) is 41.6 Å². The minimum atomic E-state index is -0.911. The first kappa shape index (κ1) is 15.0. The first-order chi connectivity index (χ1) is 10.6. The molecule has 0 bridgehead atoms. The smallest absolute Gasteiger partial charge is 0.116 e. The molecule has 22 heavy (non-hydrogen) atoms. The van der Waals surface area contributed by atoms with Crippen LogP contribution in [0.1, 0.15) is 35.1 Å². The van der Waals surface area contributed by atoms with Gasteiger partial charge >= 0.3 is 0 Å². The highest BCUT2D eigenvalue weighted by Gasteiger charge is 2.35. The first-order valence-electron chi connectivity index (χ1n) is 8.00. The van der Waals surface area contributed by atoms with Crippen molar-refractivity contribution < 1.29 is 10.0 Å². The van der Waals surface area contributed by atoms with E-state index in [-0.39, 0.29) is 0 Å². The molecule has 2 nitrogen and oxygen atoms in total. The molecule has 0 saturated carbocycles. The molecular formula is C20H24NO+. The number of benzene rings is 2. The lowest BCUT2D eigenvalue weighted by Gasteiger charge is -2.31. The topological polar surface area (TPSA) is 24.7 Å². The Hall–Kier alpha value is -1.90. The fourth-order valence-electron chi connectivity index (χ4n) is 3.33. The summed E-state index contributed by atoms with van der Waals surface area (Å²) < 4.78 is 0. The summed E-state index contributed by atoms with van der Waals surface area (Å²) in [5.74, 6) is 0. The zero-order valence-electron chi connectivity index (χ0n) is 13.3. The number of hydrogen-bond acceptors (Lipinski definition) is 1. The first-order valence-corrected chi connectivity index (χ1v) is 8.00. The fraction of sp³-hybridized carbons (Fsp3) is 0.300. The van der Waals surface area contributed by atoms with Gasteiger partial charge < -0.3 is 10.0 Å². The monoisotopic (exact) mass is 294 g/mol. The van der Waals surface area contributed by atoms with Crippen molar-refractivity contribution in [2.75, 3.05) is 20.6 Å². The predicted molar refractivity (Wildman–Crippen MR) is 91.7 cm³/mol. The predicted octanol–water partition coefficient (Wildman–Crippen LogP) is 2.33. The van der Waals surface area contributed by atoms with Crippen LogP contribution in [-0.2, 0) is 5.60 Å². The van der Waals surface area contributed by atoms with Gasteiger partial charge in [-0.05, 0) is 35.1 Å². The van der Waals surface area contributed by atoms with Crippen molar-refractivity contribution in [2.45, 2.75) is 18.4 Å². The number of rotatable bonds is 4. The van der Waals surface area contributed by atoms with Gasteiger partial charge in [0, 0.05) is 0 Å². The van der Waals surface area contributed by atoms with Gasteiger partial charge in [-0.25, -0.2) is 0 Å². The van der Waals surface area contributed by atoms with E-state index in [1.807, 2.05) is 24.3 Å². The molecule has 2 aromatic carbocycles. The average Bonchev–Trinajstić information content (AvgIpc) is 2.64. The zero-order chi connectivity index (χ0) is 15.6. The van der Waals surface area contributed by atoms with Gasteiger partial charge in [-0.3, -0.25) is 0 Å².